The number of aliphatic hydroxyl groups excluding tert-OH is 1. The minimum atomic E-state index is -0.736. The predicted molar refractivity (Wildman–Crippen MR) is 87.8 cm³/mol. The van der Waals surface area contributed by atoms with Crippen LogP contribution in [-0.4, -0.2) is 46.8 Å². The number of ether oxygens (including phenoxy) is 1. The van der Waals surface area contributed by atoms with Gasteiger partial charge in [0.15, 0.2) is 0 Å². The first kappa shape index (κ1) is 19.0. The summed E-state index contributed by atoms with van der Waals surface area (Å²) in [5.74, 6) is -0.270. The molecule has 1 aromatic rings. The number of rotatable bonds is 6. The molecule has 6 heteroatoms. The summed E-state index contributed by atoms with van der Waals surface area (Å²) in [5, 5.41) is 11.7. The van der Waals surface area contributed by atoms with Crippen molar-refractivity contribution in [2.45, 2.75) is 45.9 Å². The molecular weight excluding hydrogens is 296 g/mol. The van der Waals surface area contributed by atoms with Crippen LogP contribution in [0.25, 0.3) is 0 Å². The maximum Gasteiger partial charge on any atom is 0.408 e. The monoisotopic (exact) mass is 322 g/mol. The van der Waals surface area contributed by atoms with Crippen LogP contribution in [0.3, 0.4) is 0 Å². The zero-order valence-corrected chi connectivity index (χ0v) is 14.2. The molecule has 1 atom stereocenters. The van der Waals surface area contributed by atoms with Gasteiger partial charge in [-0.05, 0) is 33.3 Å². The summed E-state index contributed by atoms with van der Waals surface area (Å²) in [5.41, 5.74) is 0.334. The molecule has 128 valence electrons. The average molecular weight is 322 g/mol. The molecule has 1 aromatic carbocycles. The number of carbonyl (C=O) groups excluding carboxylic acids is 2. The number of alkyl carbamates (subject to hydrolysis) is 1. The second-order valence-electron chi connectivity index (χ2n) is 6.34. The fourth-order valence-electron chi connectivity index (χ4n) is 2.01. The normalized spacial score (nSPS) is 12.4. The van der Waals surface area contributed by atoms with E-state index in [0.717, 1.165) is 5.56 Å². The summed E-state index contributed by atoms with van der Waals surface area (Å²) in [6.45, 7) is 7.31. The van der Waals surface area contributed by atoms with Gasteiger partial charge in [-0.1, -0.05) is 30.3 Å². The summed E-state index contributed by atoms with van der Waals surface area (Å²) in [4.78, 5) is 25.8. The van der Waals surface area contributed by atoms with Gasteiger partial charge < -0.3 is 20.1 Å². The second kappa shape index (κ2) is 8.53. The molecule has 0 heterocycles. The maximum absolute atomic E-state index is 12.5. The minimum Gasteiger partial charge on any atom is -0.444 e. The standard InChI is InChI=1S/C17H26N2O4/c1-13(18-16(22)23-17(2,3)4)15(21)19(10-11-20)12-14-8-6-5-7-9-14/h5-9,13,20H,10-12H2,1-4H3,(H,18,22)/t13-/m0/s1. The Bertz CT molecular complexity index is 511. The zero-order valence-electron chi connectivity index (χ0n) is 14.2. The van der Waals surface area contributed by atoms with E-state index in [9.17, 15) is 14.7 Å². The minimum absolute atomic E-state index is 0.141. The molecule has 0 radical (unpaired) electrons. The SMILES string of the molecule is C[C@H](NC(=O)OC(C)(C)C)C(=O)N(CCO)Cc1ccccc1. The Morgan fingerprint density at radius 1 is 1.26 bits per heavy atom. The summed E-state index contributed by atoms with van der Waals surface area (Å²) >= 11 is 0. The molecule has 2 N–H and O–H groups in total. The van der Waals surface area contributed by atoms with E-state index in [1.165, 1.54) is 4.90 Å². The Kier molecular flexibility index (Phi) is 7.03. The van der Waals surface area contributed by atoms with Crippen LogP contribution in [0.4, 0.5) is 4.79 Å². The Hall–Kier alpha value is -2.08. The summed E-state index contributed by atoms with van der Waals surface area (Å²) in [7, 11) is 0. The molecule has 0 aliphatic carbocycles. The van der Waals surface area contributed by atoms with Gasteiger partial charge in [-0.2, -0.15) is 0 Å². The molecule has 0 aliphatic heterocycles. The number of nitrogens with one attached hydrogen (secondary N) is 1. The van der Waals surface area contributed by atoms with Crippen LogP contribution in [-0.2, 0) is 16.1 Å². The highest BCUT2D eigenvalue weighted by atomic mass is 16.6. The number of hydrogen-bond donors (Lipinski definition) is 2. The van der Waals surface area contributed by atoms with Crippen LogP contribution in [0.1, 0.15) is 33.3 Å². The van der Waals surface area contributed by atoms with Gasteiger partial charge in [-0.15, -0.1) is 0 Å². The van der Waals surface area contributed by atoms with E-state index in [1.807, 2.05) is 30.3 Å². The van der Waals surface area contributed by atoms with E-state index in [1.54, 1.807) is 27.7 Å². The Morgan fingerprint density at radius 3 is 2.39 bits per heavy atom. The Balaban J connectivity index is 2.67. The lowest BCUT2D eigenvalue weighted by molar-refractivity contribution is -0.134. The van der Waals surface area contributed by atoms with Crippen molar-refractivity contribution in [2.24, 2.45) is 0 Å². The van der Waals surface area contributed by atoms with Crippen molar-refractivity contribution in [3.8, 4) is 0 Å². The highest BCUT2D eigenvalue weighted by Gasteiger charge is 2.24. The van der Waals surface area contributed by atoms with Gasteiger partial charge in [0.25, 0.3) is 0 Å². The van der Waals surface area contributed by atoms with Crippen LogP contribution in [0.2, 0.25) is 0 Å². The van der Waals surface area contributed by atoms with Crippen molar-refractivity contribution in [1.29, 1.82) is 0 Å². The van der Waals surface area contributed by atoms with Crippen LogP contribution in [0.5, 0.6) is 0 Å². The van der Waals surface area contributed by atoms with Gasteiger partial charge in [0.1, 0.15) is 11.6 Å². The van der Waals surface area contributed by atoms with Crippen LogP contribution >= 0.6 is 0 Å². The largest absolute Gasteiger partial charge is 0.444 e. The number of aliphatic hydroxyl groups is 1. The van der Waals surface area contributed by atoms with Gasteiger partial charge in [-0.25, -0.2) is 4.79 Å². The number of benzene rings is 1. The third kappa shape index (κ3) is 7.15. The lowest BCUT2D eigenvalue weighted by Crippen LogP contribution is -2.48. The molecule has 0 aliphatic rings. The van der Waals surface area contributed by atoms with Crippen molar-refractivity contribution in [3.05, 3.63) is 35.9 Å². The summed E-state index contributed by atoms with van der Waals surface area (Å²) < 4.78 is 5.15. The van der Waals surface area contributed by atoms with Crippen LogP contribution in [0.15, 0.2) is 30.3 Å². The Labute approximate surface area is 137 Å². The number of amides is 2. The predicted octanol–water partition coefficient (Wildman–Crippen LogP) is 1.92. The molecule has 0 bridgehead atoms. The lowest BCUT2D eigenvalue weighted by atomic mass is 10.2. The lowest BCUT2D eigenvalue weighted by Gasteiger charge is -2.27. The van der Waals surface area contributed by atoms with E-state index in [2.05, 4.69) is 5.32 Å². The Morgan fingerprint density at radius 2 is 1.87 bits per heavy atom. The molecule has 0 saturated carbocycles. The second-order valence-corrected chi connectivity index (χ2v) is 6.34. The molecule has 0 aromatic heterocycles. The van der Waals surface area contributed by atoms with Gasteiger partial charge in [-0.3, -0.25) is 4.79 Å². The van der Waals surface area contributed by atoms with Gasteiger partial charge >= 0.3 is 6.09 Å². The first-order valence-electron chi connectivity index (χ1n) is 7.66. The number of nitrogens with zero attached hydrogens (tertiary/aromatic N) is 1. The average Bonchev–Trinajstić information content (AvgIpc) is 2.45. The molecule has 0 fully saturated rings. The van der Waals surface area contributed by atoms with Crippen molar-refractivity contribution < 1.29 is 19.4 Å². The van der Waals surface area contributed by atoms with Gasteiger partial charge in [0, 0.05) is 13.1 Å². The van der Waals surface area contributed by atoms with Crippen LogP contribution in [0, 0.1) is 0 Å². The first-order valence-corrected chi connectivity index (χ1v) is 7.66. The number of carbonyl (C=O) groups is 2. The molecule has 2 amide bonds. The van der Waals surface area contributed by atoms with Crippen LogP contribution < -0.4 is 5.32 Å². The molecule has 1 rings (SSSR count). The summed E-state index contributed by atoms with van der Waals surface area (Å²) in [6, 6.07) is 8.75. The van der Waals surface area contributed by atoms with E-state index in [-0.39, 0.29) is 19.1 Å². The quantitative estimate of drug-likeness (QED) is 0.839. The topological polar surface area (TPSA) is 78.9 Å². The highest BCUT2D eigenvalue weighted by molar-refractivity contribution is 5.85. The highest BCUT2D eigenvalue weighted by Crippen LogP contribution is 2.09. The van der Waals surface area contributed by atoms with E-state index < -0.39 is 17.7 Å². The third-order valence-corrected chi connectivity index (χ3v) is 3.00. The molecule has 0 saturated heterocycles. The van der Waals surface area contributed by atoms with E-state index in [0.29, 0.717) is 6.54 Å². The smallest absolute Gasteiger partial charge is 0.408 e. The van der Waals surface area contributed by atoms with Crippen molar-refractivity contribution in [3.63, 3.8) is 0 Å². The fraction of sp³-hybridized carbons (Fsp3) is 0.529. The number of hydrogen-bond acceptors (Lipinski definition) is 4. The molecule has 6 nitrogen and oxygen atoms in total. The fourth-order valence-corrected chi connectivity index (χ4v) is 2.01. The molecule has 0 spiro atoms. The molecule has 0 unspecified atom stereocenters. The van der Waals surface area contributed by atoms with Gasteiger partial charge in [0.2, 0.25) is 5.91 Å². The molecule has 23 heavy (non-hydrogen) atoms. The maximum atomic E-state index is 12.5. The first-order chi connectivity index (χ1) is 10.7. The third-order valence-electron chi connectivity index (χ3n) is 3.00. The van der Waals surface area contributed by atoms with E-state index >= 15 is 0 Å². The van der Waals surface area contributed by atoms with Gasteiger partial charge in [0.05, 0.1) is 6.61 Å². The zero-order chi connectivity index (χ0) is 17.5. The van der Waals surface area contributed by atoms with Crippen molar-refractivity contribution in [1.82, 2.24) is 10.2 Å². The summed E-state index contributed by atoms with van der Waals surface area (Å²) in [6.07, 6.45) is -0.637. The van der Waals surface area contributed by atoms with Crippen molar-refractivity contribution >= 4 is 12.0 Å². The van der Waals surface area contributed by atoms with E-state index in [4.69, 9.17) is 4.74 Å². The molecular formula is C17H26N2O4. The van der Waals surface area contributed by atoms with Crippen molar-refractivity contribution in [2.75, 3.05) is 13.2 Å².